The summed E-state index contributed by atoms with van der Waals surface area (Å²) in [6.07, 6.45) is 1.59. The quantitative estimate of drug-likeness (QED) is 0.582. The standard InChI is InChI=1S/C8H7BrClNO/c1-12-11-5-6-4-7(10)2-3-8(6)9/h2-5H,1H3/b11-5+. The highest BCUT2D eigenvalue weighted by Gasteiger charge is 1.96. The number of hydrogen-bond donors (Lipinski definition) is 0. The molecule has 0 aliphatic carbocycles. The number of rotatable bonds is 2. The maximum atomic E-state index is 5.77. The predicted molar refractivity (Wildman–Crippen MR) is 53.8 cm³/mol. The molecular formula is C8H7BrClNO. The van der Waals surface area contributed by atoms with E-state index in [2.05, 4.69) is 25.9 Å². The normalized spacial score (nSPS) is 10.6. The number of hydrogen-bond acceptors (Lipinski definition) is 2. The maximum absolute atomic E-state index is 5.77. The summed E-state index contributed by atoms with van der Waals surface area (Å²) in [5.74, 6) is 0. The van der Waals surface area contributed by atoms with Crippen molar-refractivity contribution in [2.45, 2.75) is 0 Å². The first-order valence-electron chi connectivity index (χ1n) is 3.25. The van der Waals surface area contributed by atoms with Gasteiger partial charge in [-0.1, -0.05) is 32.7 Å². The van der Waals surface area contributed by atoms with Gasteiger partial charge in [0, 0.05) is 15.1 Å². The van der Waals surface area contributed by atoms with Crippen LogP contribution < -0.4 is 0 Å². The number of oxime groups is 1. The average Bonchev–Trinajstić information content (AvgIpc) is 2.07. The fourth-order valence-corrected chi connectivity index (χ4v) is 1.25. The zero-order valence-electron chi connectivity index (χ0n) is 6.42. The molecular weight excluding hydrogens is 241 g/mol. The minimum Gasteiger partial charge on any atom is -0.399 e. The van der Waals surface area contributed by atoms with E-state index >= 15 is 0 Å². The summed E-state index contributed by atoms with van der Waals surface area (Å²) >= 11 is 9.13. The maximum Gasteiger partial charge on any atom is 0.106 e. The largest absolute Gasteiger partial charge is 0.399 e. The fraction of sp³-hybridized carbons (Fsp3) is 0.125. The minimum atomic E-state index is 0.677. The molecule has 1 rings (SSSR count). The molecule has 0 N–H and O–H groups in total. The summed E-state index contributed by atoms with van der Waals surface area (Å²) in [4.78, 5) is 4.55. The summed E-state index contributed by atoms with van der Waals surface area (Å²) in [5.41, 5.74) is 0.893. The third-order valence-electron chi connectivity index (χ3n) is 1.26. The van der Waals surface area contributed by atoms with E-state index in [0.717, 1.165) is 10.0 Å². The van der Waals surface area contributed by atoms with Crippen molar-refractivity contribution < 1.29 is 4.84 Å². The van der Waals surface area contributed by atoms with E-state index in [4.69, 9.17) is 11.6 Å². The number of nitrogens with zero attached hydrogens (tertiary/aromatic N) is 1. The molecule has 0 saturated carbocycles. The molecule has 0 bridgehead atoms. The van der Waals surface area contributed by atoms with Crippen molar-refractivity contribution in [1.82, 2.24) is 0 Å². The van der Waals surface area contributed by atoms with Gasteiger partial charge >= 0.3 is 0 Å². The lowest BCUT2D eigenvalue weighted by molar-refractivity contribution is 0.215. The van der Waals surface area contributed by atoms with Gasteiger partial charge in [-0.25, -0.2) is 0 Å². The van der Waals surface area contributed by atoms with Gasteiger partial charge < -0.3 is 4.84 Å². The Kier molecular flexibility index (Phi) is 3.56. The van der Waals surface area contributed by atoms with Crippen molar-refractivity contribution in [1.29, 1.82) is 0 Å². The first-order valence-corrected chi connectivity index (χ1v) is 4.42. The molecule has 64 valence electrons. The second-order valence-corrected chi connectivity index (χ2v) is 3.37. The Bertz CT molecular complexity index is 301. The van der Waals surface area contributed by atoms with Crippen LogP contribution in [-0.2, 0) is 4.84 Å². The third-order valence-corrected chi connectivity index (χ3v) is 2.21. The molecule has 0 radical (unpaired) electrons. The molecule has 1 aromatic carbocycles. The topological polar surface area (TPSA) is 21.6 Å². The van der Waals surface area contributed by atoms with E-state index < -0.39 is 0 Å². The summed E-state index contributed by atoms with van der Waals surface area (Å²) in [6, 6.07) is 5.46. The molecule has 4 heteroatoms. The highest BCUT2D eigenvalue weighted by atomic mass is 79.9. The van der Waals surface area contributed by atoms with Gasteiger partial charge in [-0.3, -0.25) is 0 Å². The van der Waals surface area contributed by atoms with E-state index in [1.165, 1.54) is 7.11 Å². The van der Waals surface area contributed by atoms with Gasteiger partial charge in [0.25, 0.3) is 0 Å². The van der Waals surface area contributed by atoms with Crippen LogP contribution in [0.1, 0.15) is 5.56 Å². The molecule has 12 heavy (non-hydrogen) atoms. The van der Waals surface area contributed by atoms with Crippen LogP contribution in [-0.4, -0.2) is 13.3 Å². The lowest BCUT2D eigenvalue weighted by Crippen LogP contribution is -1.83. The summed E-state index contributed by atoms with van der Waals surface area (Å²) in [7, 11) is 1.49. The van der Waals surface area contributed by atoms with Crippen LogP contribution in [0.25, 0.3) is 0 Å². The fourth-order valence-electron chi connectivity index (χ4n) is 0.723. The monoisotopic (exact) mass is 247 g/mol. The van der Waals surface area contributed by atoms with Crippen LogP contribution >= 0.6 is 27.5 Å². The van der Waals surface area contributed by atoms with Crippen molar-refractivity contribution in [2.24, 2.45) is 5.16 Å². The lowest BCUT2D eigenvalue weighted by atomic mass is 10.2. The van der Waals surface area contributed by atoms with Crippen molar-refractivity contribution in [3.8, 4) is 0 Å². The SMILES string of the molecule is CO/N=C/c1cc(Cl)ccc1Br. The lowest BCUT2D eigenvalue weighted by Gasteiger charge is -1.97. The average molecular weight is 249 g/mol. The van der Waals surface area contributed by atoms with Gasteiger partial charge in [0.15, 0.2) is 0 Å². The highest BCUT2D eigenvalue weighted by molar-refractivity contribution is 9.10. The van der Waals surface area contributed by atoms with Gasteiger partial charge in [0.1, 0.15) is 7.11 Å². The van der Waals surface area contributed by atoms with E-state index in [1.807, 2.05) is 6.07 Å². The third kappa shape index (κ3) is 2.50. The van der Waals surface area contributed by atoms with E-state index in [-0.39, 0.29) is 0 Å². The Morgan fingerprint density at radius 3 is 3.00 bits per heavy atom. The van der Waals surface area contributed by atoms with Crippen LogP contribution in [0.3, 0.4) is 0 Å². The molecule has 0 spiro atoms. The second-order valence-electron chi connectivity index (χ2n) is 2.08. The smallest absolute Gasteiger partial charge is 0.106 e. The molecule has 0 amide bonds. The summed E-state index contributed by atoms with van der Waals surface area (Å²) in [5, 5.41) is 4.31. The molecule has 0 heterocycles. The Labute approximate surface area is 84.3 Å². The first kappa shape index (κ1) is 9.55. The number of benzene rings is 1. The predicted octanol–water partition coefficient (Wildman–Crippen LogP) is 3.08. The molecule has 0 aromatic heterocycles. The molecule has 0 saturated heterocycles. The van der Waals surface area contributed by atoms with Crippen LogP contribution in [0.4, 0.5) is 0 Å². The molecule has 0 aliphatic rings. The minimum absolute atomic E-state index is 0.677. The summed E-state index contributed by atoms with van der Waals surface area (Å²) < 4.78 is 0.938. The van der Waals surface area contributed by atoms with Crippen molar-refractivity contribution in [3.05, 3.63) is 33.3 Å². The highest BCUT2D eigenvalue weighted by Crippen LogP contribution is 2.19. The van der Waals surface area contributed by atoms with Gasteiger partial charge in [-0.05, 0) is 18.2 Å². The zero-order chi connectivity index (χ0) is 8.97. The Balaban J connectivity index is 2.97. The zero-order valence-corrected chi connectivity index (χ0v) is 8.76. The molecule has 0 atom stereocenters. The molecule has 0 unspecified atom stereocenters. The van der Waals surface area contributed by atoms with E-state index in [0.29, 0.717) is 5.02 Å². The van der Waals surface area contributed by atoms with Gasteiger partial charge in [-0.15, -0.1) is 0 Å². The summed E-state index contributed by atoms with van der Waals surface area (Å²) in [6.45, 7) is 0. The molecule has 0 aliphatic heterocycles. The number of halogens is 2. The van der Waals surface area contributed by atoms with E-state index in [1.54, 1.807) is 18.3 Å². The Morgan fingerprint density at radius 1 is 1.58 bits per heavy atom. The Hall–Kier alpha value is -0.540. The van der Waals surface area contributed by atoms with Gasteiger partial charge in [0.2, 0.25) is 0 Å². The van der Waals surface area contributed by atoms with Crippen LogP contribution in [0.2, 0.25) is 5.02 Å². The molecule has 0 fully saturated rings. The van der Waals surface area contributed by atoms with Crippen LogP contribution in [0, 0.1) is 0 Å². The first-order chi connectivity index (χ1) is 5.74. The van der Waals surface area contributed by atoms with Crippen molar-refractivity contribution in [2.75, 3.05) is 7.11 Å². The van der Waals surface area contributed by atoms with E-state index in [9.17, 15) is 0 Å². The van der Waals surface area contributed by atoms with Gasteiger partial charge in [-0.2, -0.15) is 0 Å². The Morgan fingerprint density at radius 2 is 2.33 bits per heavy atom. The second kappa shape index (κ2) is 4.48. The van der Waals surface area contributed by atoms with Crippen molar-refractivity contribution in [3.63, 3.8) is 0 Å². The van der Waals surface area contributed by atoms with Crippen LogP contribution in [0.15, 0.2) is 27.8 Å². The molecule has 2 nitrogen and oxygen atoms in total. The van der Waals surface area contributed by atoms with Gasteiger partial charge in [0.05, 0.1) is 6.21 Å². The molecule has 1 aromatic rings. The van der Waals surface area contributed by atoms with Crippen LogP contribution in [0.5, 0.6) is 0 Å². The van der Waals surface area contributed by atoms with Crippen molar-refractivity contribution >= 4 is 33.7 Å².